The Bertz CT molecular complexity index is 392. The Hall–Kier alpha value is -1.46. The van der Waals surface area contributed by atoms with Crippen LogP contribution in [0.15, 0.2) is 15.3 Å². The first-order valence-corrected chi connectivity index (χ1v) is 3.62. The molecule has 78 valence electrons. The van der Waals surface area contributed by atoms with E-state index in [1.807, 2.05) is 0 Å². The lowest BCUT2D eigenvalue weighted by Crippen LogP contribution is -2.20. The van der Waals surface area contributed by atoms with Gasteiger partial charge in [-0.3, -0.25) is 0 Å². The van der Waals surface area contributed by atoms with Crippen LogP contribution in [0.4, 0.5) is 13.2 Å². The van der Waals surface area contributed by atoms with E-state index in [0.717, 1.165) is 13.2 Å². The number of hydrogen-bond donors (Lipinski definition) is 0. The Balaban J connectivity index is 3.49. The summed E-state index contributed by atoms with van der Waals surface area (Å²) in [7, 11) is 1.06. The molecule has 0 bridgehead atoms. The van der Waals surface area contributed by atoms with Crippen LogP contribution in [0, 0.1) is 6.92 Å². The molecular formula is C8H7F3O3. The summed E-state index contributed by atoms with van der Waals surface area (Å²) in [6.07, 6.45) is -4.76. The third-order valence-electron chi connectivity index (χ3n) is 1.54. The fourth-order valence-corrected chi connectivity index (χ4v) is 1.00. The Kier molecular flexibility index (Phi) is 2.55. The highest BCUT2D eigenvalue weighted by atomic mass is 19.4. The van der Waals surface area contributed by atoms with Gasteiger partial charge in [0.25, 0.3) is 0 Å². The number of ether oxygens (including phenoxy) is 1. The lowest BCUT2D eigenvalue weighted by molar-refractivity contribution is -0.141. The zero-order chi connectivity index (χ0) is 10.9. The van der Waals surface area contributed by atoms with Gasteiger partial charge in [0.05, 0.1) is 7.11 Å². The average molecular weight is 208 g/mol. The van der Waals surface area contributed by atoms with Gasteiger partial charge in [-0.1, -0.05) is 0 Å². The standard InChI is InChI=1S/C8H7F3O3/c1-4-3-5(13-2)6(7(12)14-4)8(9,10)11/h3H,1-2H3. The van der Waals surface area contributed by atoms with Gasteiger partial charge in [0.2, 0.25) is 0 Å². The smallest absolute Gasteiger partial charge is 0.427 e. The van der Waals surface area contributed by atoms with Crippen molar-refractivity contribution in [2.75, 3.05) is 7.11 Å². The van der Waals surface area contributed by atoms with Crippen molar-refractivity contribution in [2.24, 2.45) is 0 Å². The number of aryl methyl sites for hydroxylation is 1. The lowest BCUT2D eigenvalue weighted by atomic mass is 10.2. The van der Waals surface area contributed by atoms with Crippen LogP contribution in [0.25, 0.3) is 0 Å². The highest BCUT2D eigenvalue weighted by Gasteiger charge is 2.39. The van der Waals surface area contributed by atoms with Gasteiger partial charge < -0.3 is 9.15 Å². The summed E-state index contributed by atoms with van der Waals surface area (Å²) in [5.74, 6) is -0.453. The Morgan fingerprint density at radius 3 is 2.43 bits per heavy atom. The van der Waals surface area contributed by atoms with E-state index in [4.69, 9.17) is 0 Å². The SMILES string of the molecule is COc1cc(C)oc(=O)c1C(F)(F)F. The second kappa shape index (κ2) is 3.36. The molecule has 1 rings (SSSR count). The summed E-state index contributed by atoms with van der Waals surface area (Å²) in [5, 5.41) is 0. The van der Waals surface area contributed by atoms with Gasteiger partial charge in [0.15, 0.2) is 5.56 Å². The van der Waals surface area contributed by atoms with Gasteiger partial charge in [-0.2, -0.15) is 13.2 Å². The van der Waals surface area contributed by atoms with Crippen molar-refractivity contribution >= 4 is 0 Å². The lowest BCUT2D eigenvalue weighted by Gasteiger charge is -2.09. The van der Waals surface area contributed by atoms with Crippen LogP contribution in [0.2, 0.25) is 0 Å². The third-order valence-corrected chi connectivity index (χ3v) is 1.54. The van der Waals surface area contributed by atoms with Gasteiger partial charge in [0.1, 0.15) is 11.5 Å². The molecule has 1 heterocycles. The highest BCUT2D eigenvalue weighted by molar-refractivity contribution is 5.33. The topological polar surface area (TPSA) is 39.4 Å². The van der Waals surface area contributed by atoms with Crippen LogP contribution < -0.4 is 10.4 Å². The predicted molar refractivity (Wildman–Crippen MR) is 41.3 cm³/mol. The van der Waals surface area contributed by atoms with E-state index in [1.165, 1.54) is 6.92 Å². The van der Waals surface area contributed by atoms with Gasteiger partial charge in [-0.05, 0) is 6.92 Å². The van der Waals surface area contributed by atoms with Crippen molar-refractivity contribution in [2.45, 2.75) is 13.1 Å². The molecular weight excluding hydrogens is 201 g/mol. The number of methoxy groups -OCH3 is 1. The molecule has 0 amide bonds. The predicted octanol–water partition coefficient (Wildman–Crippen LogP) is 1.98. The molecule has 0 fully saturated rings. The molecule has 0 aliphatic carbocycles. The van der Waals surface area contributed by atoms with E-state index < -0.39 is 23.1 Å². The van der Waals surface area contributed by atoms with Gasteiger partial charge >= 0.3 is 11.8 Å². The zero-order valence-electron chi connectivity index (χ0n) is 7.44. The van der Waals surface area contributed by atoms with Crippen molar-refractivity contribution in [1.29, 1.82) is 0 Å². The summed E-state index contributed by atoms with van der Waals surface area (Å²) < 4.78 is 45.6. The van der Waals surface area contributed by atoms with E-state index >= 15 is 0 Å². The van der Waals surface area contributed by atoms with Gasteiger partial charge in [-0.15, -0.1) is 0 Å². The highest BCUT2D eigenvalue weighted by Crippen LogP contribution is 2.33. The molecule has 6 heteroatoms. The second-order valence-electron chi connectivity index (χ2n) is 2.59. The molecule has 0 aromatic carbocycles. The first-order valence-electron chi connectivity index (χ1n) is 3.62. The van der Waals surface area contributed by atoms with Crippen molar-refractivity contribution in [3.63, 3.8) is 0 Å². The average Bonchev–Trinajstić information content (AvgIpc) is 1.99. The van der Waals surface area contributed by atoms with Crippen molar-refractivity contribution in [1.82, 2.24) is 0 Å². The van der Waals surface area contributed by atoms with E-state index in [2.05, 4.69) is 9.15 Å². The fourth-order valence-electron chi connectivity index (χ4n) is 1.00. The Morgan fingerprint density at radius 2 is 2.00 bits per heavy atom. The van der Waals surface area contributed by atoms with E-state index in [1.54, 1.807) is 0 Å². The Labute approximate surface area is 77.1 Å². The quantitative estimate of drug-likeness (QED) is 0.708. The largest absolute Gasteiger partial charge is 0.496 e. The van der Waals surface area contributed by atoms with E-state index in [9.17, 15) is 18.0 Å². The molecule has 0 atom stereocenters. The summed E-state index contributed by atoms with van der Waals surface area (Å²) in [6.45, 7) is 1.37. The normalized spacial score (nSPS) is 11.5. The molecule has 1 aromatic heterocycles. The molecule has 0 aliphatic heterocycles. The maximum absolute atomic E-state index is 12.3. The van der Waals surface area contributed by atoms with E-state index in [-0.39, 0.29) is 5.76 Å². The van der Waals surface area contributed by atoms with Crippen LogP contribution >= 0.6 is 0 Å². The van der Waals surface area contributed by atoms with Crippen molar-refractivity contribution in [3.05, 3.63) is 27.8 Å². The van der Waals surface area contributed by atoms with Crippen LogP contribution in [-0.4, -0.2) is 7.11 Å². The maximum atomic E-state index is 12.3. The number of alkyl halides is 3. The number of halogens is 3. The minimum Gasteiger partial charge on any atom is -0.496 e. The maximum Gasteiger partial charge on any atom is 0.427 e. The molecule has 0 aliphatic rings. The molecule has 0 unspecified atom stereocenters. The van der Waals surface area contributed by atoms with Crippen LogP contribution in [0.5, 0.6) is 5.75 Å². The molecule has 0 saturated carbocycles. The minimum atomic E-state index is -4.76. The summed E-state index contributed by atoms with van der Waals surface area (Å²) >= 11 is 0. The van der Waals surface area contributed by atoms with Crippen LogP contribution in [0.3, 0.4) is 0 Å². The number of hydrogen-bond acceptors (Lipinski definition) is 3. The molecule has 0 N–H and O–H groups in total. The summed E-state index contributed by atoms with van der Waals surface area (Å²) in [5.41, 5.74) is -2.85. The van der Waals surface area contributed by atoms with Crippen LogP contribution in [-0.2, 0) is 6.18 Å². The van der Waals surface area contributed by atoms with Crippen molar-refractivity contribution in [3.8, 4) is 5.75 Å². The summed E-state index contributed by atoms with van der Waals surface area (Å²) in [6, 6.07) is 1.02. The molecule has 3 nitrogen and oxygen atoms in total. The first-order chi connectivity index (χ1) is 6.36. The molecule has 0 spiro atoms. The van der Waals surface area contributed by atoms with Crippen LogP contribution in [0.1, 0.15) is 11.3 Å². The Morgan fingerprint density at radius 1 is 1.43 bits per heavy atom. The molecule has 0 saturated heterocycles. The molecule has 1 aromatic rings. The number of rotatable bonds is 1. The minimum absolute atomic E-state index is 0.0693. The fraction of sp³-hybridized carbons (Fsp3) is 0.375. The molecule has 14 heavy (non-hydrogen) atoms. The zero-order valence-corrected chi connectivity index (χ0v) is 7.44. The third kappa shape index (κ3) is 1.89. The van der Waals surface area contributed by atoms with Gasteiger partial charge in [-0.25, -0.2) is 4.79 Å². The first kappa shape index (κ1) is 10.6. The second-order valence-corrected chi connectivity index (χ2v) is 2.59. The van der Waals surface area contributed by atoms with E-state index in [0.29, 0.717) is 0 Å². The summed E-state index contributed by atoms with van der Waals surface area (Å²) in [4.78, 5) is 10.9. The monoisotopic (exact) mass is 208 g/mol. The van der Waals surface area contributed by atoms with Gasteiger partial charge in [0, 0.05) is 6.07 Å². The molecule has 0 radical (unpaired) electrons. The van der Waals surface area contributed by atoms with Crippen molar-refractivity contribution < 1.29 is 22.3 Å².